The standard InChI is InChI=1S/C12H17NO/c1-10-6-3-4-8-12(10)13-9-5-7-11(2)14/h3-4,6,8,13H,5,7,9H2,1-2H3. The van der Waals surface area contributed by atoms with Crippen LogP contribution in [0.1, 0.15) is 25.3 Å². The lowest BCUT2D eigenvalue weighted by Crippen LogP contribution is -2.04. The lowest BCUT2D eigenvalue weighted by atomic mass is 10.2. The van der Waals surface area contributed by atoms with Gasteiger partial charge in [-0.15, -0.1) is 0 Å². The average Bonchev–Trinajstić information content (AvgIpc) is 2.15. The SMILES string of the molecule is CC(=O)CCCNc1ccccc1C. The Morgan fingerprint density at radius 3 is 2.71 bits per heavy atom. The normalized spacial score (nSPS) is 9.86. The minimum absolute atomic E-state index is 0.261. The number of hydrogen-bond donors (Lipinski definition) is 1. The molecule has 2 nitrogen and oxygen atoms in total. The maximum absolute atomic E-state index is 10.7. The van der Waals surface area contributed by atoms with Gasteiger partial charge in [-0.2, -0.15) is 0 Å². The molecular formula is C12H17NO. The fourth-order valence-electron chi connectivity index (χ4n) is 1.33. The number of ketones is 1. The zero-order chi connectivity index (χ0) is 10.4. The highest BCUT2D eigenvalue weighted by molar-refractivity contribution is 5.75. The molecule has 0 aromatic heterocycles. The molecule has 0 heterocycles. The molecule has 0 amide bonds. The number of hydrogen-bond acceptors (Lipinski definition) is 2. The smallest absolute Gasteiger partial charge is 0.129 e. The number of rotatable bonds is 5. The molecule has 0 bridgehead atoms. The molecule has 0 radical (unpaired) electrons. The first-order chi connectivity index (χ1) is 6.70. The molecule has 1 rings (SSSR count). The lowest BCUT2D eigenvalue weighted by molar-refractivity contribution is -0.117. The summed E-state index contributed by atoms with van der Waals surface area (Å²) in [6.45, 7) is 4.57. The number of anilines is 1. The Morgan fingerprint density at radius 1 is 1.36 bits per heavy atom. The van der Waals surface area contributed by atoms with Gasteiger partial charge in [-0.3, -0.25) is 0 Å². The van der Waals surface area contributed by atoms with Gasteiger partial charge in [0.15, 0.2) is 0 Å². The molecule has 0 atom stereocenters. The summed E-state index contributed by atoms with van der Waals surface area (Å²) in [5.41, 5.74) is 2.41. The summed E-state index contributed by atoms with van der Waals surface area (Å²) in [6, 6.07) is 8.17. The highest BCUT2D eigenvalue weighted by atomic mass is 16.1. The molecule has 1 aromatic rings. The Balaban J connectivity index is 2.31. The van der Waals surface area contributed by atoms with Gasteiger partial charge in [0.1, 0.15) is 5.78 Å². The van der Waals surface area contributed by atoms with Crippen LogP contribution >= 0.6 is 0 Å². The van der Waals surface area contributed by atoms with E-state index in [9.17, 15) is 4.79 Å². The van der Waals surface area contributed by atoms with Crippen LogP contribution in [-0.2, 0) is 4.79 Å². The summed E-state index contributed by atoms with van der Waals surface area (Å²) in [5.74, 6) is 0.261. The summed E-state index contributed by atoms with van der Waals surface area (Å²) in [4.78, 5) is 10.7. The first kappa shape index (κ1) is 10.8. The van der Waals surface area contributed by atoms with Crippen LogP contribution in [0.4, 0.5) is 5.69 Å². The topological polar surface area (TPSA) is 29.1 Å². The van der Waals surface area contributed by atoms with Gasteiger partial charge in [0, 0.05) is 18.7 Å². The Hall–Kier alpha value is -1.31. The van der Waals surface area contributed by atoms with E-state index in [1.165, 1.54) is 5.56 Å². The number of carbonyl (C=O) groups excluding carboxylic acids is 1. The summed E-state index contributed by atoms with van der Waals surface area (Å²) in [6.07, 6.45) is 1.57. The van der Waals surface area contributed by atoms with Crippen molar-refractivity contribution in [2.75, 3.05) is 11.9 Å². The second-order valence-electron chi connectivity index (χ2n) is 3.55. The Bertz CT molecular complexity index is 307. The quantitative estimate of drug-likeness (QED) is 0.725. The van der Waals surface area contributed by atoms with Crippen LogP contribution in [0.25, 0.3) is 0 Å². The second-order valence-corrected chi connectivity index (χ2v) is 3.55. The maximum atomic E-state index is 10.7. The highest BCUT2D eigenvalue weighted by Gasteiger charge is 1.96. The first-order valence-corrected chi connectivity index (χ1v) is 4.99. The van der Waals surface area contributed by atoms with Crippen molar-refractivity contribution >= 4 is 11.5 Å². The summed E-state index contributed by atoms with van der Waals surface area (Å²) in [7, 11) is 0. The summed E-state index contributed by atoms with van der Waals surface area (Å²) < 4.78 is 0. The average molecular weight is 191 g/mol. The van der Waals surface area contributed by atoms with Gasteiger partial charge in [0.05, 0.1) is 0 Å². The van der Waals surface area contributed by atoms with Crippen molar-refractivity contribution < 1.29 is 4.79 Å². The van der Waals surface area contributed by atoms with Crippen LogP contribution in [-0.4, -0.2) is 12.3 Å². The monoisotopic (exact) mass is 191 g/mol. The number of aryl methyl sites for hydroxylation is 1. The molecule has 0 unspecified atom stereocenters. The molecule has 0 fully saturated rings. The minimum Gasteiger partial charge on any atom is -0.385 e. The maximum Gasteiger partial charge on any atom is 0.129 e. The van der Waals surface area contributed by atoms with Crippen LogP contribution in [0.2, 0.25) is 0 Å². The number of benzene rings is 1. The molecular weight excluding hydrogens is 174 g/mol. The van der Waals surface area contributed by atoms with Crippen LogP contribution < -0.4 is 5.32 Å². The van der Waals surface area contributed by atoms with Gasteiger partial charge < -0.3 is 10.1 Å². The van der Waals surface area contributed by atoms with Crippen molar-refractivity contribution in [3.8, 4) is 0 Å². The van der Waals surface area contributed by atoms with Crippen molar-refractivity contribution in [3.63, 3.8) is 0 Å². The Labute approximate surface area is 85.3 Å². The number of nitrogens with one attached hydrogen (secondary N) is 1. The predicted octanol–water partition coefficient (Wildman–Crippen LogP) is 2.78. The number of carbonyl (C=O) groups is 1. The van der Waals surface area contributed by atoms with Crippen molar-refractivity contribution in [1.82, 2.24) is 0 Å². The first-order valence-electron chi connectivity index (χ1n) is 4.99. The number of para-hydroxylation sites is 1. The molecule has 0 saturated carbocycles. The summed E-state index contributed by atoms with van der Waals surface area (Å²) >= 11 is 0. The third-order valence-corrected chi connectivity index (χ3v) is 2.17. The van der Waals surface area contributed by atoms with E-state index in [2.05, 4.69) is 24.4 Å². The molecule has 76 valence electrons. The molecule has 0 aliphatic rings. The molecule has 0 aliphatic carbocycles. The molecule has 0 spiro atoms. The van der Waals surface area contributed by atoms with E-state index < -0.39 is 0 Å². The molecule has 1 N–H and O–H groups in total. The Kier molecular flexibility index (Phi) is 4.17. The molecule has 1 aromatic carbocycles. The Morgan fingerprint density at radius 2 is 2.07 bits per heavy atom. The van der Waals surface area contributed by atoms with Gasteiger partial charge >= 0.3 is 0 Å². The second kappa shape index (κ2) is 5.43. The van der Waals surface area contributed by atoms with Crippen LogP contribution in [0.15, 0.2) is 24.3 Å². The van der Waals surface area contributed by atoms with Crippen molar-refractivity contribution in [2.45, 2.75) is 26.7 Å². The van der Waals surface area contributed by atoms with Crippen LogP contribution in [0.3, 0.4) is 0 Å². The van der Waals surface area contributed by atoms with Gasteiger partial charge in [0.25, 0.3) is 0 Å². The van der Waals surface area contributed by atoms with Crippen molar-refractivity contribution in [2.24, 2.45) is 0 Å². The highest BCUT2D eigenvalue weighted by Crippen LogP contribution is 2.12. The fraction of sp³-hybridized carbons (Fsp3) is 0.417. The molecule has 14 heavy (non-hydrogen) atoms. The zero-order valence-corrected chi connectivity index (χ0v) is 8.84. The fourth-order valence-corrected chi connectivity index (χ4v) is 1.33. The van der Waals surface area contributed by atoms with Gasteiger partial charge in [-0.1, -0.05) is 18.2 Å². The molecule has 0 saturated heterocycles. The van der Waals surface area contributed by atoms with Crippen molar-refractivity contribution in [3.05, 3.63) is 29.8 Å². The van der Waals surface area contributed by atoms with E-state index in [1.54, 1.807) is 6.92 Å². The molecule has 2 heteroatoms. The summed E-state index contributed by atoms with van der Waals surface area (Å²) in [5, 5.41) is 3.32. The van der Waals surface area contributed by atoms with Gasteiger partial charge in [-0.05, 0) is 31.9 Å². The van der Waals surface area contributed by atoms with E-state index in [4.69, 9.17) is 0 Å². The largest absolute Gasteiger partial charge is 0.385 e. The van der Waals surface area contributed by atoms with Crippen LogP contribution in [0, 0.1) is 6.92 Å². The van der Waals surface area contributed by atoms with E-state index in [-0.39, 0.29) is 5.78 Å². The van der Waals surface area contributed by atoms with Crippen LogP contribution in [0.5, 0.6) is 0 Å². The van der Waals surface area contributed by atoms with Gasteiger partial charge in [0.2, 0.25) is 0 Å². The van der Waals surface area contributed by atoms with Crippen molar-refractivity contribution in [1.29, 1.82) is 0 Å². The third kappa shape index (κ3) is 3.60. The number of Topliss-reactive ketones (excluding diaryl/α,β-unsaturated/α-hetero) is 1. The third-order valence-electron chi connectivity index (χ3n) is 2.17. The zero-order valence-electron chi connectivity index (χ0n) is 8.84. The van der Waals surface area contributed by atoms with E-state index in [0.717, 1.165) is 18.7 Å². The molecule has 0 aliphatic heterocycles. The van der Waals surface area contributed by atoms with Gasteiger partial charge in [-0.25, -0.2) is 0 Å². The van der Waals surface area contributed by atoms with E-state index in [1.807, 2.05) is 12.1 Å². The van der Waals surface area contributed by atoms with E-state index in [0.29, 0.717) is 6.42 Å². The van der Waals surface area contributed by atoms with E-state index >= 15 is 0 Å². The minimum atomic E-state index is 0.261. The predicted molar refractivity (Wildman–Crippen MR) is 59.6 cm³/mol. The lowest BCUT2D eigenvalue weighted by Gasteiger charge is -2.07.